The van der Waals surface area contributed by atoms with E-state index < -0.39 is 5.82 Å². The molecule has 0 fully saturated rings. The molecule has 1 aromatic carbocycles. The van der Waals surface area contributed by atoms with Crippen molar-refractivity contribution in [3.63, 3.8) is 0 Å². The monoisotopic (exact) mass is 238 g/mol. The van der Waals surface area contributed by atoms with E-state index in [0.717, 1.165) is 0 Å². The van der Waals surface area contributed by atoms with Gasteiger partial charge in [-0.25, -0.2) is 4.39 Å². The smallest absolute Gasteiger partial charge is 0.170 e. The number of hydrogen-bond acceptors (Lipinski definition) is 2. The van der Waals surface area contributed by atoms with Crippen molar-refractivity contribution >= 4 is 17.4 Å². The zero-order valence-corrected chi connectivity index (χ0v) is 9.00. The molecule has 2 rings (SSSR count). The van der Waals surface area contributed by atoms with Gasteiger partial charge in [0.25, 0.3) is 0 Å². The lowest BCUT2D eigenvalue weighted by Crippen LogP contribution is -2.02. The van der Waals surface area contributed by atoms with E-state index in [-0.39, 0.29) is 12.2 Å². The first kappa shape index (κ1) is 10.9. The molecule has 0 atom stereocenters. The number of furan rings is 1. The van der Waals surface area contributed by atoms with Gasteiger partial charge in [0.15, 0.2) is 5.78 Å². The summed E-state index contributed by atoms with van der Waals surface area (Å²) in [7, 11) is 0. The molecule has 2 aromatic rings. The average Bonchev–Trinajstić information content (AvgIpc) is 2.76. The van der Waals surface area contributed by atoms with Crippen molar-refractivity contribution < 1.29 is 13.6 Å². The first-order valence-electron chi connectivity index (χ1n) is 4.66. The summed E-state index contributed by atoms with van der Waals surface area (Å²) in [6.07, 6.45) is 2.84. The molecule has 0 aliphatic rings. The SMILES string of the molecule is O=C(Cc1cc(F)ccc1Cl)c1ccoc1. The van der Waals surface area contributed by atoms with Crippen LogP contribution in [0.15, 0.2) is 41.2 Å². The van der Waals surface area contributed by atoms with Crippen LogP contribution in [0.3, 0.4) is 0 Å². The number of carbonyl (C=O) groups is 1. The average molecular weight is 239 g/mol. The number of ketones is 1. The molecule has 4 heteroatoms. The van der Waals surface area contributed by atoms with Crippen LogP contribution < -0.4 is 0 Å². The largest absolute Gasteiger partial charge is 0.472 e. The Morgan fingerprint density at radius 2 is 2.19 bits per heavy atom. The van der Waals surface area contributed by atoms with Gasteiger partial charge in [0.05, 0.1) is 11.8 Å². The van der Waals surface area contributed by atoms with Crippen LogP contribution in [0.25, 0.3) is 0 Å². The van der Waals surface area contributed by atoms with Gasteiger partial charge in [-0.15, -0.1) is 0 Å². The minimum atomic E-state index is -0.403. The van der Waals surface area contributed by atoms with Crippen molar-refractivity contribution in [2.24, 2.45) is 0 Å². The van der Waals surface area contributed by atoms with Crippen molar-refractivity contribution in [3.05, 3.63) is 58.8 Å². The minimum Gasteiger partial charge on any atom is -0.472 e. The van der Waals surface area contributed by atoms with Crippen LogP contribution in [-0.4, -0.2) is 5.78 Å². The Balaban J connectivity index is 2.21. The number of carbonyl (C=O) groups excluding carboxylic acids is 1. The highest BCUT2D eigenvalue weighted by molar-refractivity contribution is 6.31. The summed E-state index contributed by atoms with van der Waals surface area (Å²) in [5.74, 6) is -0.555. The molecule has 16 heavy (non-hydrogen) atoms. The van der Waals surface area contributed by atoms with Crippen LogP contribution in [-0.2, 0) is 6.42 Å². The molecule has 0 radical (unpaired) electrons. The Hall–Kier alpha value is -1.61. The third-order valence-corrected chi connectivity index (χ3v) is 2.57. The van der Waals surface area contributed by atoms with Crippen molar-refractivity contribution in [2.45, 2.75) is 6.42 Å². The first-order chi connectivity index (χ1) is 7.66. The number of halogens is 2. The maximum atomic E-state index is 13.0. The number of benzene rings is 1. The van der Waals surface area contributed by atoms with E-state index in [0.29, 0.717) is 16.1 Å². The van der Waals surface area contributed by atoms with Gasteiger partial charge in [-0.2, -0.15) is 0 Å². The van der Waals surface area contributed by atoms with Crippen LogP contribution in [0.1, 0.15) is 15.9 Å². The molecule has 2 nitrogen and oxygen atoms in total. The summed E-state index contributed by atoms with van der Waals surface area (Å²) in [4.78, 5) is 11.7. The molecule has 0 amide bonds. The lowest BCUT2D eigenvalue weighted by molar-refractivity contribution is 0.0992. The van der Waals surface area contributed by atoms with E-state index in [9.17, 15) is 9.18 Å². The molecule has 0 N–H and O–H groups in total. The highest BCUT2D eigenvalue weighted by atomic mass is 35.5. The highest BCUT2D eigenvalue weighted by Gasteiger charge is 2.11. The van der Waals surface area contributed by atoms with E-state index in [1.54, 1.807) is 6.07 Å². The molecule has 82 valence electrons. The second-order valence-electron chi connectivity index (χ2n) is 3.35. The molecular weight excluding hydrogens is 231 g/mol. The minimum absolute atomic E-state index is 0.0656. The second kappa shape index (κ2) is 4.49. The fourth-order valence-electron chi connectivity index (χ4n) is 1.38. The maximum absolute atomic E-state index is 13.0. The Morgan fingerprint density at radius 1 is 1.38 bits per heavy atom. The first-order valence-corrected chi connectivity index (χ1v) is 5.04. The van der Waals surface area contributed by atoms with Crippen molar-refractivity contribution in [1.82, 2.24) is 0 Å². The summed E-state index contributed by atoms with van der Waals surface area (Å²) in [5.41, 5.74) is 0.938. The molecule has 0 saturated carbocycles. The third-order valence-electron chi connectivity index (χ3n) is 2.20. The zero-order valence-electron chi connectivity index (χ0n) is 8.24. The summed E-state index contributed by atoms with van der Waals surface area (Å²) in [6.45, 7) is 0. The summed E-state index contributed by atoms with van der Waals surface area (Å²) < 4.78 is 17.8. The molecule has 0 spiro atoms. The Kier molecular flexibility index (Phi) is 3.06. The quantitative estimate of drug-likeness (QED) is 0.766. The standard InChI is InChI=1S/C12H8ClFO2/c13-11-2-1-10(14)5-9(11)6-12(15)8-3-4-16-7-8/h1-5,7H,6H2. The number of rotatable bonds is 3. The van der Waals surface area contributed by atoms with E-state index in [4.69, 9.17) is 16.0 Å². The third kappa shape index (κ3) is 2.31. The van der Waals surface area contributed by atoms with Gasteiger partial charge < -0.3 is 4.42 Å². The second-order valence-corrected chi connectivity index (χ2v) is 3.75. The number of Topliss-reactive ketones (excluding diaryl/α,β-unsaturated/α-hetero) is 1. The molecule has 0 bridgehead atoms. The lowest BCUT2D eigenvalue weighted by Gasteiger charge is -2.02. The van der Waals surface area contributed by atoms with Crippen molar-refractivity contribution in [2.75, 3.05) is 0 Å². The van der Waals surface area contributed by atoms with E-state index in [2.05, 4.69) is 0 Å². The van der Waals surface area contributed by atoms with Crippen LogP contribution in [0.5, 0.6) is 0 Å². The fourth-order valence-corrected chi connectivity index (χ4v) is 1.56. The van der Waals surface area contributed by atoms with Crippen LogP contribution in [0.2, 0.25) is 5.02 Å². The van der Waals surface area contributed by atoms with Gasteiger partial charge in [-0.05, 0) is 29.8 Å². The van der Waals surface area contributed by atoms with Gasteiger partial charge in [0.1, 0.15) is 12.1 Å². The van der Waals surface area contributed by atoms with Crippen molar-refractivity contribution in [3.8, 4) is 0 Å². The molecule has 1 aromatic heterocycles. The summed E-state index contributed by atoms with van der Waals surface area (Å²) in [6, 6.07) is 5.53. The predicted molar refractivity (Wildman–Crippen MR) is 58.2 cm³/mol. The van der Waals surface area contributed by atoms with Gasteiger partial charge in [-0.1, -0.05) is 11.6 Å². The topological polar surface area (TPSA) is 30.2 Å². The Bertz CT molecular complexity index is 506. The summed E-state index contributed by atoms with van der Waals surface area (Å²) >= 11 is 5.86. The highest BCUT2D eigenvalue weighted by Crippen LogP contribution is 2.19. The van der Waals surface area contributed by atoms with Gasteiger partial charge >= 0.3 is 0 Å². The lowest BCUT2D eigenvalue weighted by atomic mass is 10.1. The number of hydrogen-bond donors (Lipinski definition) is 0. The molecule has 1 heterocycles. The van der Waals surface area contributed by atoms with Crippen LogP contribution >= 0.6 is 11.6 Å². The van der Waals surface area contributed by atoms with Crippen molar-refractivity contribution in [1.29, 1.82) is 0 Å². The molecule has 0 aliphatic carbocycles. The predicted octanol–water partition coefficient (Wildman–Crippen LogP) is 3.50. The fraction of sp³-hybridized carbons (Fsp3) is 0.0833. The Morgan fingerprint density at radius 3 is 2.88 bits per heavy atom. The summed E-state index contributed by atoms with van der Waals surface area (Å²) in [5, 5.41) is 0.387. The van der Waals surface area contributed by atoms with E-state index in [1.165, 1.54) is 30.7 Å². The van der Waals surface area contributed by atoms with Crippen LogP contribution in [0.4, 0.5) is 4.39 Å². The van der Waals surface area contributed by atoms with E-state index in [1.807, 2.05) is 0 Å². The maximum Gasteiger partial charge on any atom is 0.170 e. The van der Waals surface area contributed by atoms with E-state index >= 15 is 0 Å². The molecular formula is C12H8ClFO2. The van der Waals surface area contributed by atoms with Gasteiger partial charge in [-0.3, -0.25) is 4.79 Å². The molecule has 0 unspecified atom stereocenters. The molecule has 0 saturated heterocycles. The Labute approximate surface area is 96.6 Å². The normalized spacial score (nSPS) is 10.4. The van der Waals surface area contributed by atoms with Gasteiger partial charge in [0.2, 0.25) is 0 Å². The van der Waals surface area contributed by atoms with Crippen LogP contribution in [0, 0.1) is 5.82 Å². The zero-order chi connectivity index (χ0) is 11.5. The molecule has 0 aliphatic heterocycles. The van der Waals surface area contributed by atoms with Gasteiger partial charge in [0, 0.05) is 11.4 Å².